The SMILES string of the molecule is COc1ccc(NC(=O)CN(C)C(=O)OC(C)(C)C)cc1. The summed E-state index contributed by atoms with van der Waals surface area (Å²) >= 11 is 0. The summed E-state index contributed by atoms with van der Waals surface area (Å²) in [6.45, 7) is 5.24. The molecule has 1 rings (SSSR count). The van der Waals surface area contributed by atoms with Crippen molar-refractivity contribution in [3.63, 3.8) is 0 Å². The van der Waals surface area contributed by atoms with E-state index in [4.69, 9.17) is 9.47 Å². The van der Waals surface area contributed by atoms with Crippen LogP contribution in [0.2, 0.25) is 0 Å². The summed E-state index contributed by atoms with van der Waals surface area (Å²) in [5.41, 5.74) is 0.0519. The summed E-state index contributed by atoms with van der Waals surface area (Å²) in [7, 11) is 3.09. The molecule has 0 saturated heterocycles. The number of carbonyl (C=O) groups is 2. The zero-order valence-corrected chi connectivity index (χ0v) is 13.1. The lowest BCUT2D eigenvalue weighted by molar-refractivity contribution is -0.117. The van der Waals surface area contributed by atoms with Crippen molar-refractivity contribution in [1.82, 2.24) is 4.90 Å². The van der Waals surface area contributed by atoms with Crippen LogP contribution in [0.1, 0.15) is 20.8 Å². The third-order valence-corrected chi connectivity index (χ3v) is 2.46. The number of nitrogens with zero attached hydrogens (tertiary/aromatic N) is 1. The van der Waals surface area contributed by atoms with Crippen LogP contribution in [0.4, 0.5) is 10.5 Å². The molecule has 21 heavy (non-hydrogen) atoms. The largest absolute Gasteiger partial charge is 0.497 e. The van der Waals surface area contributed by atoms with Gasteiger partial charge < -0.3 is 19.7 Å². The molecule has 6 heteroatoms. The fourth-order valence-corrected chi connectivity index (χ4v) is 1.49. The van der Waals surface area contributed by atoms with Gasteiger partial charge in [-0.3, -0.25) is 4.79 Å². The van der Waals surface area contributed by atoms with E-state index in [1.54, 1.807) is 52.1 Å². The van der Waals surface area contributed by atoms with E-state index in [9.17, 15) is 9.59 Å². The summed E-state index contributed by atoms with van der Waals surface area (Å²) in [6.07, 6.45) is -0.535. The van der Waals surface area contributed by atoms with Crippen LogP contribution in [0, 0.1) is 0 Å². The standard InChI is InChI=1S/C15H22N2O4/c1-15(2,3)21-14(19)17(4)10-13(18)16-11-6-8-12(20-5)9-7-11/h6-9H,10H2,1-5H3,(H,16,18). The second-order valence-corrected chi connectivity index (χ2v) is 5.61. The minimum absolute atomic E-state index is 0.0824. The first kappa shape index (κ1) is 16.8. The molecule has 0 spiro atoms. The molecular formula is C15H22N2O4. The second kappa shape index (κ2) is 6.97. The Bertz CT molecular complexity index is 491. The third-order valence-electron chi connectivity index (χ3n) is 2.46. The molecular weight excluding hydrogens is 272 g/mol. The second-order valence-electron chi connectivity index (χ2n) is 5.61. The molecule has 0 unspecified atom stereocenters. The van der Waals surface area contributed by atoms with Crippen molar-refractivity contribution in [2.45, 2.75) is 26.4 Å². The Morgan fingerprint density at radius 1 is 1.19 bits per heavy atom. The molecule has 0 bridgehead atoms. The summed E-state index contributed by atoms with van der Waals surface area (Å²) in [4.78, 5) is 24.8. The first-order valence-electron chi connectivity index (χ1n) is 6.59. The maximum absolute atomic E-state index is 11.9. The Morgan fingerprint density at radius 2 is 1.76 bits per heavy atom. The monoisotopic (exact) mass is 294 g/mol. The molecule has 6 nitrogen and oxygen atoms in total. The molecule has 0 saturated carbocycles. The van der Waals surface area contributed by atoms with Gasteiger partial charge in [-0.15, -0.1) is 0 Å². The highest BCUT2D eigenvalue weighted by Crippen LogP contribution is 2.15. The van der Waals surface area contributed by atoms with Gasteiger partial charge >= 0.3 is 6.09 Å². The number of carbonyl (C=O) groups excluding carboxylic acids is 2. The van der Waals surface area contributed by atoms with Gasteiger partial charge in [-0.1, -0.05) is 0 Å². The molecule has 0 fully saturated rings. The third kappa shape index (κ3) is 6.16. The van der Waals surface area contributed by atoms with Crippen molar-refractivity contribution in [2.75, 3.05) is 26.0 Å². The number of rotatable bonds is 4. The lowest BCUT2D eigenvalue weighted by Gasteiger charge is -2.24. The molecule has 0 radical (unpaired) electrons. The highest BCUT2D eigenvalue weighted by Gasteiger charge is 2.21. The van der Waals surface area contributed by atoms with E-state index < -0.39 is 11.7 Å². The lowest BCUT2D eigenvalue weighted by Crippen LogP contribution is -2.38. The van der Waals surface area contributed by atoms with Crippen molar-refractivity contribution in [1.29, 1.82) is 0 Å². The fourth-order valence-electron chi connectivity index (χ4n) is 1.49. The maximum Gasteiger partial charge on any atom is 0.410 e. The summed E-state index contributed by atoms with van der Waals surface area (Å²) < 4.78 is 10.2. The van der Waals surface area contributed by atoms with Gasteiger partial charge in [0, 0.05) is 12.7 Å². The van der Waals surface area contributed by atoms with E-state index in [1.165, 1.54) is 11.9 Å². The van der Waals surface area contributed by atoms with Gasteiger partial charge in [0.25, 0.3) is 0 Å². The van der Waals surface area contributed by atoms with Gasteiger partial charge in [0.2, 0.25) is 5.91 Å². The number of likely N-dealkylation sites (N-methyl/N-ethyl adjacent to an activating group) is 1. The van der Waals surface area contributed by atoms with Crippen LogP contribution in [0.15, 0.2) is 24.3 Å². The Hall–Kier alpha value is -2.24. The van der Waals surface area contributed by atoms with Crippen molar-refractivity contribution in [2.24, 2.45) is 0 Å². The molecule has 0 aromatic heterocycles. The van der Waals surface area contributed by atoms with E-state index in [1.807, 2.05) is 0 Å². The highest BCUT2D eigenvalue weighted by molar-refractivity contribution is 5.93. The van der Waals surface area contributed by atoms with Crippen LogP contribution in [-0.4, -0.2) is 43.2 Å². The lowest BCUT2D eigenvalue weighted by atomic mass is 10.2. The average molecular weight is 294 g/mol. The van der Waals surface area contributed by atoms with Crippen LogP contribution in [0.5, 0.6) is 5.75 Å². The number of ether oxygens (including phenoxy) is 2. The van der Waals surface area contributed by atoms with Crippen LogP contribution in [0.25, 0.3) is 0 Å². The minimum atomic E-state index is -0.586. The van der Waals surface area contributed by atoms with E-state index >= 15 is 0 Å². The van der Waals surface area contributed by atoms with Crippen molar-refractivity contribution < 1.29 is 19.1 Å². The van der Waals surface area contributed by atoms with E-state index in [0.29, 0.717) is 11.4 Å². The fraction of sp³-hybridized carbons (Fsp3) is 0.467. The van der Waals surface area contributed by atoms with E-state index in [2.05, 4.69) is 5.32 Å². The minimum Gasteiger partial charge on any atom is -0.497 e. The summed E-state index contributed by atoms with van der Waals surface area (Å²) in [6, 6.07) is 6.94. The van der Waals surface area contributed by atoms with Crippen molar-refractivity contribution in [3.05, 3.63) is 24.3 Å². The predicted octanol–water partition coefficient (Wildman–Crippen LogP) is 2.50. The van der Waals surface area contributed by atoms with Crippen LogP contribution in [-0.2, 0) is 9.53 Å². The highest BCUT2D eigenvalue weighted by atomic mass is 16.6. The summed E-state index contributed by atoms with van der Waals surface area (Å²) in [5, 5.41) is 2.70. The average Bonchev–Trinajstić information content (AvgIpc) is 2.37. The molecule has 1 N–H and O–H groups in total. The number of methoxy groups -OCH3 is 1. The predicted molar refractivity (Wildman–Crippen MR) is 80.5 cm³/mol. The molecule has 0 aliphatic carbocycles. The van der Waals surface area contributed by atoms with E-state index in [0.717, 1.165) is 0 Å². The number of hydrogen-bond donors (Lipinski definition) is 1. The molecule has 1 aromatic carbocycles. The van der Waals surface area contributed by atoms with Gasteiger partial charge in [0.05, 0.1) is 7.11 Å². The quantitative estimate of drug-likeness (QED) is 0.926. The van der Waals surface area contributed by atoms with E-state index in [-0.39, 0.29) is 12.5 Å². The Kier molecular flexibility index (Phi) is 5.58. The molecule has 0 aliphatic rings. The summed E-state index contributed by atoms with van der Waals surface area (Å²) in [5.74, 6) is 0.410. The molecule has 0 heterocycles. The number of amides is 2. The van der Waals surface area contributed by atoms with Gasteiger partial charge in [-0.2, -0.15) is 0 Å². The zero-order chi connectivity index (χ0) is 16.0. The van der Waals surface area contributed by atoms with Crippen molar-refractivity contribution >= 4 is 17.7 Å². The smallest absolute Gasteiger partial charge is 0.410 e. The van der Waals surface area contributed by atoms with Crippen LogP contribution in [0.3, 0.4) is 0 Å². The number of anilines is 1. The molecule has 0 atom stereocenters. The normalized spacial score (nSPS) is 10.7. The van der Waals surface area contributed by atoms with Crippen LogP contribution >= 0.6 is 0 Å². The molecule has 116 valence electrons. The maximum atomic E-state index is 11.9. The van der Waals surface area contributed by atoms with Gasteiger partial charge in [-0.25, -0.2) is 4.79 Å². The topological polar surface area (TPSA) is 67.9 Å². The van der Waals surface area contributed by atoms with Gasteiger partial charge in [-0.05, 0) is 45.0 Å². The van der Waals surface area contributed by atoms with Crippen molar-refractivity contribution in [3.8, 4) is 5.75 Å². The first-order chi connectivity index (χ1) is 9.71. The van der Waals surface area contributed by atoms with Gasteiger partial charge in [0.15, 0.2) is 0 Å². The first-order valence-corrected chi connectivity index (χ1v) is 6.59. The molecule has 1 aromatic rings. The van der Waals surface area contributed by atoms with Crippen LogP contribution < -0.4 is 10.1 Å². The number of nitrogens with one attached hydrogen (secondary N) is 1. The molecule has 2 amide bonds. The van der Waals surface area contributed by atoms with Gasteiger partial charge in [0.1, 0.15) is 17.9 Å². The number of benzene rings is 1. The zero-order valence-electron chi connectivity index (χ0n) is 13.1. The Morgan fingerprint density at radius 3 is 2.24 bits per heavy atom. The Labute approximate surface area is 125 Å². The number of hydrogen-bond acceptors (Lipinski definition) is 4. The Balaban J connectivity index is 2.50. The molecule has 0 aliphatic heterocycles.